The van der Waals surface area contributed by atoms with E-state index < -0.39 is 15.5 Å². The lowest BCUT2D eigenvalue weighted by atomic mass is 10.1. The molecule has 1 aromatic heterocycles. The van der Waals surface area contributed by atoms with Crippen molar-refractivity contribution in [1.82, 2.24) is 9.88 Å². The number of amides is 1. The number of anilines is 1. The smallest absolute Gasteiger partial charge is 0.261 e. The van der Waals surface area contributed by atoms with E-state index in [4.69, 9.17) is 0 Å². The van der Waals surface area contributed by atoms with Gasteiger partial charge in [0.05, 0.1) is 4.90 Å². The summed E-state index contributed by atoms with van der Waals surface area (Å²) in [5.74, 6) is -0.317. The van der Waals surface area contributed by atoms with Gasteiger partial charge in [-0.05, 0) is 61.9 Å². The van der Waals surface area contributed by atoms with E-state index in [0.717, 1.165) is 24.2 Å². The molecule has 4 rings (SSSR count). The number of rotatable bonds is 5. The van der Waals surface area contributed by atoms with Crippen LogP contribution in [0, 0.1) is 0 Å². The molecular weight excluding hydrogens is 434 g/mol. The van der Waals surface area contributed by atoms with E-state index in [9.17, 15) is 18.0 Å². The molecule has 1 fully saturated rings. The third-order valence-electron chi connectivity index (χ3n) is 5.36. The van der Waals surface area contributed by atoms with Crippen molar-refractivity contribution >= 4 is 44.3 Å². The van der Waals surface area contributed by atoms with E-state index in [0.29, 0.717) is 24.3 Å². The Morgan fingerprint density at radius 3 is 2.61 bits per heavy atom. The molecule has 9 heteroatoms. The maximum Gasteiger partial charge on any atom is 0.261 e. The molecule has 162 valence electrons. The molecule has 2 aromatic carbocycles. The highest BCUT2D eigenvalue weighted by Crippen LogP contribution is 2.23. The highest BCUT2D eigenvalue weighted by molar-refractivity contribution is 7.98. The molecule has 0 radical (unpaired) electrons. The van der Waals surface area contributed by atoms with E-state index in [-0.39, 0.29) is 21.8 Å². The second kappa shape index (κ2) is 8.76. The van der Waals surface area contributed by atoms with Crippen molar-refractivity contribution < 1.29 is 13.2 Å². The maximum absolute atomic E-state index is 13.0. The van der Waals surface area contributed by atoms with Crippen molar-refractivity contribution in [2.75, 3.05) is 24.1 Å². The fourth-order valence-electron chi connectivity index (χ4n) is 3.69. The average Bonchev–Trinajstić information content (AvgIpc) is 2.79. The normalized spacial score (nSPS) is 14.5. The summed E-state index contributed by atoms with van der Waals surface area (Å²) >= 11 is 1.51. The van der Waals surface area contributed by atoms with Crippen LogP contribution in [-0.4, -0.2) is 43.6 Å². The molecule has 2 heterocycles. The standard InChI is InChI=1S/C22H23N3O4S2/c1-30-16-7-5-6-15(12-16)24-31(28,29)17-8-9-20-18(13-17)21(26)19(14-23-20)22(27)25-10-3-2-4-11-25/h5-9,12-14,24H,2-4,10-11H2,1H3,(H,23,26). The molecule has 2 N–H and O–H groups in total. The van der Waals surface area contributed by atoms with E-state index in [2.05, 4.69) is 9.71 Å². The first kappa shape index (κ1) is 21.5. The quantitative estimate of drug-likeness (QED) is 0.570. The molecule has 0 bridgehead atoms. The number of H-pyrrole nitrogens is 1. The number of likely N-dealkylation sites (tertiary alicyclic amines) is 1. The molecule has 0 unspecified atom stereocenters. The summed E-state index contributed by atoms with van der Waals surface area (Å²) in [6, 6.07) is 11.4. The number of piperidine rings is 1. The summed E-state index contributed by atoms with van der Waals surface area (Å²) in [5.41, 5.74) is 0.480. The topological polar surface area (TPSA) is 99.3 Å². The average molecular weight is 458 g/mol. The van der Waals surface area contributed by atoms with Crippen molar-refractivity contribution in [3.05, 3.63) is 64.4 Å². The minimum absolute atomic E-state index is 0.0320. The maximum atomic E-state index is 13.0. The molecule has 0 atom stereocenters. The summed E-state index contributed by atoms with van der Waals surface area (Å²) in [6.07, 6.45) is 6.24. The number of pyridine rings is 1. The van der Waals surface area contributed by atoms with Gasteiger partial charge in [-0.2, -0.15) is 0 Å². The van der Waals surface area contributed by atoms with Crippen LogP contribution in [0.15, 0.2) is 63.2 Å². The number of nitrogens with one attached hydrogen (secondary N) is 2. The Balaban J connectivity index is 1.70. The Hall–Kier alpha value is -2.78. The van der Waals surface area contributed by atoms with Gasteiger partial charge in [-0.25, -0.2) is 8.42 Å². The minimum Gasteiger partial charge on any atom is -0.360 e. The second-order valence-electron chi connectivity index (χ2n) is 7.43. The third kappa shape index (κ3) is 4.47. The zero-order valence-corrected chi connectivity index (χ0v) is 18.7. The number of aromatic nitrogens is 1. The first-order chi connectivity index (χ1) is 14.9. The van der Waals surface area contributed by atoms with Crippen LogP contribution in [0.2, 0.25) is 0 Å². The molecule has 1 aliphatic heterocycles. The third-order valence-corrected chi connectivity index (χ3v) is 7.46. The van der Waals surface area contributed by atoms with Gasteiger partial charge in [0, 0.05) is 40.8 Å². The second-order valence-corrected chi connectivity index (χ2v) is 9.99. The van der Waals surface area contributed by atoms with Gasteiger partial charge in [0.2, 0.25) is 5.43 Å². The SMILES string of the molecule is CSc1cccc(NS(=O)(=O)c2ccc3[nH]cc(C(=O)N4CCCCC4)c(=O)c3c2)c1. The highest BCUT2D eigenvalue weighted by atomic mass is 32.2. The molecule has 1 amide bonds. The Kier molecular flexibility index (Phi) is 6.06. The summed E-state index contributed by atoms with van der Waals surface area (Å²) in [7, 11) is -3.91. The lowest BCUT2D eigenvalue weighted by Gasteiger charge is -2.26. The van der Waals surface area contributed by atoms with E-state index in [1.54, 1.807) is 29.2 Å². The number of hydrogen-bond acceptors (Lipinski definition) is 5. The van der Waals surface area contributed by atoms with Crippen LogP contribution in [-0.2, 0) is 10.0 Å². The van der Waals surface area contributed by atoms with Crippen LogP contribution in [0.5, 0.6) is 0 Å². The first-order valence-electron chi connectivity index (χ1n) is 10.0. The van der Waals surface area contributed by atoms with E-state index in [1.165, 1.54) is 30.1 Å². The molecule has 3 aromatic rings. The van der Waals surface area contributed by atoms with Gasteiger partial charge >= 0.3 is 0 Å². The number of aromatic amines is 1. The molecular formula is C22H23N3O4S2. The van der Waals surface area contributed by atoms with Gasteiger partial charge in [0.25, 0.3) is 15.9 Å². The Labute approximate surface area is 184 Å². The van der Waals surface area contributed by atoms with Crippen molar-refractivity contribution in [1.29, 1.82) is 0 Å². The Morgan fingerprint density at radius 2 is 1.87 bits per heavy atom. The predicted molar refractivity (Wildman–Crippen MR) is 123 cm³/mol. The van der Waals surface area contributed by atoms with E-state index in [1.807, 2.05) is 12.3 Å². The van der Waals surface area contributed by atoms with Gasteiger partial charge in [0.15, 0.2) is 0 Å². The Morgan fingerprint density at radius 1 is 1.10 bits per heavy atom. The number of nitrogens with zero attached hydrogens (tertiary/aromatic N) is 1. The van der Waals surface area contributed by atoms with Crippen molar-refractivity contribution in [2.24, 2.45) is 0 Å². The van der Waals surface area contributed by atoms with Gasteiger partial charge in [0.1, 0.15) is 5.56 Å². The van der Waals surface area contributed by atoms with Gasteiger partial charge in [-0.15, -0.1) is 11.8 Å². The number of thioether (sulfide) groups is 1. The zero-order chi connectivity index (χ0) is 22.0. The highest BCUT2D eigenvalue weighted by Gasteiger charge is 2.22. The lowest BCUT2D eigenvalue weighted by molar-refractivity contribution is 0.0723. The molecule has 0 saturated carbocycles. The predicted octanol–water partition coefficient (Wildman–Crippen LogP) is 3.68. The van der Waals surface area contributed by atoms with Crippen LogP contribution in [0.3, 0.4) is 0 Å². The largest absolute Gasteiger partial charge is 0.360 e. The van der Waals surface area contributed by atoms with Gasteiger partial charge < -0.3 is 9.88 Å². The number of carbonyl (C=O) groups is 1. The van der Waals surface area contributed by atoms with Crippen LogP contribution >= 0.6 is 11.8 Å². The van der Waals surface area contributed by atoms with Gasteiger partial charge in [-0.3, -0.25) is 14.3 Å². The lowest BCUT2D eigenvalue weighted by Crippen LogP contribution is -2.38. The summed E-state index contributed by atoms with van der Waals surface area (Å²) in [5, 5.41) is 0.170. The first-order valence-corrected chi connectivity index (χ1v) is 12.7. The minimum atomic E-state index is -3.91. The van der Waals surface area contributed by atoms with Crippen molar-refractivity contribution in [3.63, 3.8) is 0 Å². The van der Waals surface area contributed by atoms with Crippen LogP contribution in [0.25, 0.3) is 10.9 Å². The number of hydrogen-bond donors (Lipinski definition) is 2. The summed E-state index contributed by atoms with van der Waals surface area (Å²) in [6.45, 7) is 1.26. The Bertz CT molecular complexity index is 1300. The van der Waals surface area contributed by atoms with E-state index >= 15 is 0 Å². The van der Waals surface area contributed by atoms with Crippen molar-refractivity contribution in [3.8, 4) is 0 Å². The summed E-state index contributed by atoms with van der Waals surface area (Å²) < 4.78 is 28.4. The summed E-state index contributed by atoms with van der Waals surface area (Å²) in [4.78, 5) is 31.4. The number of carbonyl (C=O) groups excluding carboxylic acids is 1. The number of sulfonamides is 1. The molecule has 0 spiro atoms. The molecule has 7 nitrogen and oxygen atoms in total. The monoisotopic (exact) mass is 457 g/mol. The number of fused-ring (bicyclic) bond motifs is 1. The molecule has 0 aliphatic carbocycles. The molecule has 1 aliphatic rings. The molecule has 1 saturated heterocycles. The molecule has 31 heavy (non-hydrogen) atoms. The van der Waals surface area contributed by atoms with Crippen LogP contribution < -0.4 is 10.2 Å². The zero-order valence-electron chi connectivity index (χ0n) is 17.1. The van der Waals surface area contributed by atoms with Crippen LogP contribution in [0.4, 0.5) is 5.69 Å². The number of benzene rings is 2. The fourth-order valence-corrected chi connectivity index (χ4v) is 5.23. The van der Waals surface area contributed by atoms with Crippen LogP contribution in [0.1, 0.15) is 29.6 Å². The van der Waals surface area contributed by atoms with Gasteiger partial charge in [-0.1, -0.05) is 6.07 Å². The fraction of sp³-hybridized carbons (Fsp3) is 0.273. The van der Waals surface area contributed by atoms with Crippen molar-refractivity contribution in [2.45, 2.75) is 29.1 Å².